The van der Waals surface area contributed by atoms with Crippen LogP contribution < -0.4 is 0 Å². The second kappa shape index (κ2) is 6.12. The Bertz CT molecular complexity index is 628. The van der Waals surface area contributed by atoms with Gasteiger partial charge < -0.3 is 4.90 Å². The van der Waals surface area contributed by atoms with Crippen LogP contribution in [0.2, 0.25) is 5.15 Å². The molecule has 1 aromatic rings. The molecular formula is C13H17BrClN3O2S. The Morgan fingerprint density at radius 1 is 1.29 bits per heavy atom. The van der Waals surface area contributed by atoms with Crippen molar-refractivity contribution in [2.75, 3.05) is 32.7 Å². The number of aromatic nitrogens is 1. The molecule has 0 bridgehead atoms. The Morgan fingerprint density at radius 3 is 2.57 bits per heavy atom. The number of hydrogen-bond donors (Lipinski definition) is 0. The van der Waals surface area contributed by atoms with E-state index in [-0.39, 0.29) is 10.0 Å². The van der Waals surface area contributed by atoms with E-state index in [1.807, 2.05) is 0 Å². The fourth-order valence-electron chi connectivity index (χ4n) is 2.54. The molecule has 5 nitrogen and oxygen atoms in total. The SMILES string of the molecule is O=S(=O)(c1cc(Br)cnc1Cl)N1CCN(CC2CC2)CC1. The quantitative estimate of drug-likeness (QED) is 0.735. The molecule has 0 N–H and O–H groups in total. The standard InChI is InChI=1S/C13H17BrClN3O2S/c14-11-7-12(13(15)16-8-11)21(19,20)18-5-3-17(4-6-18)9-10-1-2-10/h7-8,10H,1-6,9H2. The second-order valence-electron chi connectivity index (χ2n) is 5.59. The molecule has 2 aliphatic rings. The summed E-state index contributed by atoms with van der Waals surface area (Å²) in [6, 6.07) is 1.52. The average Bonchev–Trinajstić information content (AvgIpc) is 3.26. The highest BCUT2D eigenvalue weighted by Crippen LogP contribution is 2.31. The van der Waals surface area contributed by atoms with Crippen molar-refractivity contribution in [2.24, 2.45) is 5.92 Å². The van der Waals surface area contributed by atoms with Gasteiger partial charge in [-0.25, -0.2) is 13.4 Å². The van der Waals surface area contributed by atoms with E-state index in [1.165, 1.54) is 29.4 Å². The summed E-state index contributed by atoms with van der Waals surface area (Å²) < 4.78 is 27.4. The van der Waals surface area contributed by atoms with E-state index >= 15 is 0 Å². The molecule has 0 spiro atoms. The molecule has 116 valence electrons. The highest BCUT2D eigenvalue weighted by molar-refractivity contribution is 9.10. The zero-order chi connectivity index (χ0) is 15.0. The Balaban J connectivity index is 1.72. The first-order chi connectivity index (χ1) is 9.96. The molecular weight excluding hydrogens is 378 g/mol. The summed E-state index contributed by atoms with van der Waals surface area (Å²) in [7, 11) is -3.57. The highest BCUT2D eigenvalue weighted by Gasteiger charge is 2.32. The maximum Gasteiger partial charge on any atom is 0.246 e. The summed E-state index contributed by atoms with van der Waals surface area (Å²) in [5.41, 5.74) is 0. The molecule has 2 heterocycles. The van der Waals surface area contributed by atoms with Crippen LogP contribution in [-0.4, -0.2) is 55.3 Å². The van der Waals surface area contributed by atoms with Crippen LogP contribution >= 0.6 is 27.5 Å². The van der Waals surface area contributed by atoms with Gasteiger partial charge in [-0.1, -0.05) is 11.6 Å². The monoisotopic (exact) mass is 393 g/mol. The van der Waals surface area contributed by atoms with E-state index in [0.717, 1.165) is 25.6 Å². The second-order valence-corrected chi connectivity index (χ2v) is 8.77. The third kappa shape index (κ3) is 3.59. The minimum absolute atomic E-state index is 0.0265. The Labute approximate surface area is 138 Å². The summed E-state index contributed by atoms with van der Waals surface area (Å²) in [5.74, 6) is 0.830. The van der Waals surface area contributed by atoms with Crippen molar-refractivity contribution in [1.82, 2.24) is 14.2 Å². The van der Waals surface area contributed by atoms with Crippen molar-refractivity contribution in [2.45, 2.75) is 17.7 Å². The van der Waals surface area contributed by atoms with Gasteiger partial charge in [0.1, 0.15) is 10.0 Å². The third-order valence-electron chi connectivity index (χ3n) is 3.94. The lowest BCUT2D eigenvalue weighted by Gasteiger charge is -2.34. The van der Waals surface area contributed by atoms with Gasteiger partial charge in [0.15, 0.2) is 0 Å². The Kier molecular flexibility index (Phi) is 4.57. The van der Waals surface area contributed by atoms with Gasteiger partial charge in [-0.05, 0) is 40.8 Å². The number of piperazine rings is 1. The van der Waals surface area contributed by atoms with Crippen molar-refractivity contribution in [3.05, 3.63) is 21.9 Å². The molecule has 8 heteroatoms. The van der Waals surface area contributed by atoms with Crippen molar-refractivity contribution < 1.29 is 8.42 Å². The lowest BCUT2D eigenvalue weighted by atomic mass is 10.3. The first-order valence-corrected chi connectivity index (χ1v) is 9.61. The van der Waals surface area contributed by atoms with Gasteiger partial charge in [-0.3, -0.25) is 0 Å². The third-order valence-corrected chi connectivity index (χ3v) is 6.69. The predicted molar refractivity (Wildman–Crippen MR) is 84.9 cm³/mol. The van der Waals surface area contributed by atoms with Crippen LogP contribution in [0.1, 0.15) is 12.8 Å². The van der Waals surface area contributed by atoms with E-state index in [9.17, 15) is 8.42 Å². The fraction of sp³-hybridized carbons (Fsp3) is 0.615. The topological polar surface area (TPSA) is 53.5 Å². The van der Waals surface area contributed by atoms with Crippen LogP contribution in [-0.2, 0) is 10.0 Å². The molecule has 1 aliphatic heterocycles. The smallest absolute Gasteiger partial charge is 0.246 e. The molecule has 1 saturated carbocycles. The van der Waals surface area contributed by atoms with Gasteiger partial charge in [0.05, 0.1) is 0 Å². The Morgan fingerprint density at radius 2 is 1.95 bits per heavy atom. The number of nitrogens with zero attached hydrogens (tertiary/aromatic N) is 3. The molecule has 0 atom stereocenters. The highest BCUT2D eigenvalue weighted by atomic mass is 79.9. The molecule has 0 aromatic carbocycles. The van der Waals surface area contributed by atoms with Crippen molar-refractivity contribution in [3.8, 4) is 0 Å². The van der Waals surface area contributed by atoms with Crippen LogP contribution in [0.3, 0.4) is 0 Å². The van der Waals surface area contributed by atoms with Crippen LogP contribution in [0.5, 0.6) is 0 Å². The number of pyridine rings is 1. The molecule has 1 aromatic heterocycles. The van der Waals surface area contributed by atoms with E-state index in [4.69, 9.17) is 11.6 Å². The summed E-state index contributed by atoms with van der Waals surface area (Å²) in [5, 5.41) is 0.0265. The lowest BCUT2D eigenvalue weighted by Crippen LogP contribution is -2.49. The number of halogens is 2. The molecule has 21 heavy (non-hydrogen) atoms. The maximum absolute atomic E-state index is 12.7. The largest absolute Gasteiger partial charge is 0.300 e. The zero-order valence-electron chi connectivity index (χ0n) is 11.5. The molecule has 0 unspecified atom stereocenters. The lowest BCUT2D eigenvalue weighted by molar-refractivity contribution is 0.182. The number of hydrogen-bond acceptors (Lipinski definition) is 4. The normalized spacial score (nSPS) is 21.6. The number of rotatable bonds is 4. The van der Waals surface area contributed by atoms with E-state index in [0.29, 0.717) is 17.6 Å². The predicted octanol–water partition coefficient (Wildman–Crippen LogP) is 2.21. The number of sulfonamides is 1. The fourth-order valence-corrected chi connectivity index (χ4v) is 4.88. The van der Waals surface area contributed by atoms with Gasteiger partial charge in [0.2, 0.25) is 10.0 Å². The first kappa shape index (κ1) is 15.7. The first-order valence-electron chi connectivity index (χ1n) is 7.00. The van der Waals surface area contributed by atoms with E-state index in [1.54, 1.807) is 0 Å². The van der Waals surface area contributed by atoms with Crippen LogP contribution in [0.15, 0.2) is 21.6 Å². The van der Waals surface area contributed by atoms with E-state index < -0.39 is 10.0 Å². The summed E-state index contributed by atoms with van der Waals surface area (Å²) in [6.07, 6.45) is 4.13. The molecule has 1 aliphatic carbocycles. The molecule has 0 radical (unpaired) electrons. The van der Waals surface area contributed by atoms with Gasteiger partial charge in [0, 0.05) is 43.4 Å². The van der Waals surface area contributed by atoms with Gasteiger partial charge in [-0.2, -0.15) is 4.31 Å². The van der Waals surface area contributed by atoms with Gasteiger partial charge >= 0.3 is 0 Å². The molecule has 3 rings (SSSR count). The maximum atomic E-state index is 12.7. The summed E-state index contributed by atoms with van der Waals surface area (Å²) in [4.78, 5) is 6.33. The average molecular weight is 395 g/mol. The molecule has 0 amide bonds. The van der Waals surface area contributed by atoms with Crippen LogP contribution in [0, 0.1) is 5.92 Å². The minimum atomic E-state index is -3.57. The summed E-state index contributed by atoms with van der Waals surface area (Å²) >= 11 is 9.20. The van der Waals surface area contributed by atoms with Gasteiger partial charge in [0.25, 0.3) is 0 Å². The van der Waals surface area contributed by atoms with Crippen molar-refractivity contribution in [3.63, 3.8) is 0 Å². The molecule has 1 saturated heterocycles. The van der Waals surface area contributed by atoms with E-state index in [2.05, 4.69) is 25.8 Å². The van der Waals surface area contributed by atoms with Crippen molar-refractivity contribution >= 4 is 37.6 Å². The van der Waals surface area contributed by atoms with Crippen LogP contribution in [0.25, 0.3) is 0 Å². The zero-order valence-corrected chi connectivity index (χ0v) is 14.7. The summed E-state index contributed by atoms with van der Waals surface area (Å²) in [6.45, 7) is 3.70. The van der Waals surface area contributed by atoms with Crippen LogP contribution in [0.4, 0.5) is 0 Å². The van der Waals surface area contributed by atoms with Crippen molar-refractivity contribution in [1.29, 1.82) is 0 Å². The minimum Gasteiger partial charge on any atom is -0.300 e. The van der Waals surface area contributed by atoms with Gasteiger partial charge in [-0.15, -0.1) is 0 Å². The Hall–Kier alpha value is -0.210. The molecule has 2 fully saturated rings.